The maximum Gasteiger partial charge on any atom is 0.509 e. The molecule has 0 aliphatic heterocycles. The number of Topliss-reactive ketones (excluding diaryl/α,β-unsaturated/α-hetero) is 1. The fourth-order valence-electron chi connectivity index (χ4n) is 5.06. The molecule has 0 spiro atoms. The number of aryl methyl sites for hydroxylation is 1. The molecular weight excluding hydrogens is 740 g/mol. The van der Waals surface area contributed by atoms with Crippen LogP contribution in [0.25, 0.3) is 0 Å². The topological polar surface area (TPSA) is 187 Å². The van der Waals surface area contributed by atoms with Crippen molar-refractivity contribution in [3.05, 3.63) is 65.2 Å². The number of esters is 4. The van der Waals surface area contributed by atoms with E-state index in [1.807, 2.05) is 52.3 Å². The van der Waals surface area contributed by atoms with Gasteiger partial charge in [-0.05, 0) is 70.4 Å². The molecule has 2 rings (SSSR count). The molecule has 0 bridgehead atoms. The predicted molar refractivity (Wildman–Crippen MR) is 209 cm³/mol. The molecule has 0 radical (unpaired) electrons. The van der Waals surface area contributed by atoms with E-state index >= 15 is 0 Å². The first kappa shape index (κ1) is 47.8. The van der Waals surface area contributed by atoms with Crippen LogP contribution < -0.4 is 5.32 Å². The van der Waals surface area contributed by atoms with E-state index in [9.17, 15) is 33.6 Å². The molecule has 0 saturated carbocycles. The second kappa shape index (κ2) is 23.7. The first-order valence-corrected chi connectivity index (χ1v) is 19.1. The minimum atomic E-state index is -1.54. The summed E-state index contributed by atoms with van der Waals surface area (Å²) in [5, 5.41) is 2.85. The molecule has 0 saturated heterocycles. The molecule has 1 amide bonds. The zero-order valence-electron chi connectivity index (χ0n) is 34.5. The second-order valence-corrected chi connectivity index (χ2v) is 15.3. The molecule has 15 heteroatoms. The Morgan fingerprint density at radius 3 is 1.93 bits per heavy atom. The number of ether oxygens (including phenoxy) is 6. The SMILES string of the molecule is CC(=O)OCC(C)(COC(=O)OC(C)C(=O)OC(C)C(=O)OCCCCCCC(=O)Cc1ccc(NC(=O)c2ccc(C)cc2)cc1)C(=O)OCCC[N+](C)(C)C. The fourth-order valence-corrected chi connectivity index (χ4v) is 5.06. The van der Waals surface area contributed by atoms with E-state index in [2.05, 4.69) is 5.32 Å². The van der Waals surface area contributed by atoms with Gasteiger partial charge in [0.05, 0.1) is 40.9 Å². The van der Waals surface area contributed by atoms with Crippen molar-refractivity contribution in [3.8, 4) is 0 Å². The number of hydrogen-bond donors (Lipinski definition) is 1. The van der Waals surface area contributed by atoms with E-state index < -0.39 is 60.9 Å². The minimum Gasteiger partial charge on any atom is -0.465 e. The van der Waals surface area contributed by atoms with E-state index in [1.54, 1.807) is 24.3 Å². The third-order valence-electron chi connectivity index (χ3n) is 8.55. The second-order valence-electron chi connectivity index (χ2n) is 15.3. The fraction of sp³-hybridized carbons (Fsp3) is 0.548. The first-order chi connectivity index (χ1) is 26.8. The Bertz CT molecular complexity index is 1650. The van der Waals surface area contributed by atoms with E-state index in [1.165, 1.54) is 27.7 Å². The van der Waals surface area contributed by atoms with Crippen molar-refractivity contribution in [2.24, 2.45) is 5.41 Å². The lowest BCUT2D eigenvalue weighted by Gasteiger charge is -2.27. The molecular formula is C42H59N2O13+. The van der Waals surface area contributed by atoms with Crippen LogP contribution in [-0.2, 0) is 58.8 Å². The molecule has 57 heavy (non-hydrogen) atoms. The Labute approximate surface area is 335 Å². The van der Waals surface area contributed by atoms with Gasteiger partial charge in [0, 0.05) is 37.4 Å². The van der Waals surface area contributed by atoms with Crippen molar-refractivity contribution in [1.82, 2.24) is 0 Å². The molecule has 0 aliphatic rings. The quantitative estimate of drug-likeness (QED) is 0.0605. The predicted octanol–water partition coefficient (Wildman–Crippen LogP) is 5.53. The number of ketones is 1. The number of amides is 1. The van der Waals surface area contributed by atoms with Crippen molar-refractivity contribution >= 4 is 47.4 Å². The Morgan fingerprint density at radius 1 is 0.702 bits per heavy atom. The summed E-state index contributed by atoms with van der Waals surface area (Å²) >= 11 is 0. The average Bonchev–Trinajstić information content (AvgIpc) is 3.14. The van der Waals surface area contributed by atoms with Gasteiger partial charge in [-0.15, -0.1) is 0 Å². The monoisotopic (exact) mass is 799 g/mol. The van der Waals surface area contributed by atoms with Crippen LogP contribution in [0.4, 0.5) is 10.5 Å². The zero-order chi connectivity index (χ0) is 42.6. The third-order valence-corrected chi connectivity index (χ3v) is 8.55. The normalized spacial score (nSPS) is 13.2. The summed E-state index contributed by atoms with van der Waals surface area (Å²) in [7, 11) is 5.99. The van der Waals surface area contributed by atoms with Crippen LogP contribution in [0.2, 0.25) is 0 Å². The van der Waals surface area contributed by atoms with Gasteiger partial charge in [0.25, 0.3) is 5.91 Å². The number of anilines is 1. The lowest BCUT2D eigenvalue weighted by atomic mass is 9.93. The van der Waals surface area contributed by atoms with Gasteiger partial charge in [0.15, 0.2) is 12.2 Å². The van der Waals surface area contributed by atoms with E-state index in [0.29, 0.717) is 47.8 Å². The maximum absolute atomic E-state index is 12.8. The van der Waals surface area contributed by atoms with Gasteiger partial charge in [-0.2, -0.15) is 0 Å². The standard InChI is InChI=1S/C42H58N2O13/c1-29-15-19-34(20-16-29)37(47)43-35-21-17-33(18-22-35)26-36(46)14-11-9-10-12-24-52-38(48)30(2)56-39(49)31(3)57-41(51)55-28-42(5,27-54-32(4)45)40(50)53-25-13-23-44(6,7)8/h15-22,30-31H,9-14,23-28H2,1-8H3/p+1. The lowest BCUT2D eigenvalue weighted by Crippen LogP contribution is -2.41. The van der Waals surface area contributed by atoms with Gasteiger partial charge in [-0.25, -0.2) is 14.4 Å². The highest BCUT2D eigenvalue weighted by Gasteiger charge is 2.39. The number of carbonyl (C=O) groups is 7. The Morgan fingerprint density at radius 2 is 1.30 bits per heavy atom. The van der Waals surface area contributed by atoms with Crippen molar-refractivity contribution < 1.29 is 66.5 Å². The van der Waals surface area contributed by atoms with Gasteiger partial charge in [-0.3, -0.25) is 19.2 Å². The van der Waals surface area contributed by atoms with E-state index in [4.69, 9.17) is 28.4 Å². The molecule has 1 N–H and O–H groups in total. The van der Waals surface area contributed by atoms with Crippen molar-refractivity contribution in [1.29, 1.82) is 0 Å². The van der Waals surface area contributed by atoms with Crippen molar-refractivity contribution in [3.63, 3.8) is 0 Å². The number of quaternary nitrogens is 1. The summed E-state index contributed by atoms with van der Waals surface area (Å²) < 4.78 is 31.3. The zero-order valence-corrected chi connectivity index (χ0v) is 34.5. The Balaban J connectivity index is 1.63. The number of rotatable bonds is 24. The number of benzene rings is 2. The smallest absolute Gasteiger partial charge is 0.465 e. The van der Waals surface area contributed by atoms with Crippen LogP contribution in [0.1, 0.15) is 87.7 Å². The largest absolute Gasteiger partial charge is 0.509 e. The van der Waals surface area contributed by atoms with Crippen LogP contribution in [0.3, 0.4) is 0 Å². The van der Waals surface area contributed by atoms with Crippen molar-refractivity contribution in [2.45, 2.75) is 91.8 Å². The molecule has 0 heterocycles. The Kier molecular flexibility index (Phi) is 19.9. The number of nitrogens with one attached hydrogen (secondary N) is 1. The molecule has 314 valence electrons. The number of nitrogens with zero attached hydrogens (tertiary/aromatic N) is 1. The summed E-state index contributed by atoms with van der Waals surface area (Å²) in [6.45, 7) is 7.01. The molecule has 2 aromatic carbocycles. The van der Waals surface area contributed by atoms with Crippen LogP contribution >= 0.6 is 0 Å². The lowest BCUT2D eigenvalue weighted by molar-refractivity contribution is -0.870. The van der Waals surface area contributed by atoms with Gasteiger partial charge in [-0.1, -0.05) is 42.7 Å². The number of carbonyl (C=O) groups excluding carboxylic acids is 7. The van der Waals surface area contributed by atoms with Crippen LogP contribution in [0, 0.1) is 12.3 Å². The highest BCUT2D eigenvalue weighted by atomic mass is 16.7. The number of unbranched alkanes of at least 4 members (excludes halogenated alkanes) is 3. The number of hydrogen-bond acceptors (Lipinski definition) is 13. The van der Waals surface area contributed by atoms with Gasteiger partial charge < -0.3 is 38.2 Å². The van der Waals surface area contributed by atoms with Gasteiger partial charge in [0.1, 0.15) is 24.4 Å². The van der Waals surface area contributed by atoms with Crippen LogP contribution in [0.5, 0.6) is 0 Å². The van der Waals surface area contributed by atoms with E-state index in [0.717, 1.165) is 24.1 Å². The highest BCUT2D eigenvalue weighted by molar-refractivity contribution is 6.04. The molecule has 0 aromatic heterocycles. The minimum absolute atomic E-state index is 0.0875. The maximum atomic E-state index is 12.8. The molecule has 15 nitrogen and oxygen atoms in total. The summed E-state index contributed by atoms with van der Waals surface area (Å²) in [5.41, 5.74) is 1.59. The molecule has 3 atom stereocenters. The summed E-state index contributed by atoms with van der Waals surface area (Å²) in [6.07, 6.45) is -0.0751. The molecule has 0 fully saturated rings. The first-order valence-electron chi connectivity index (χ1n) is 19.1. The third kappa shape index (κ3) is 19.4. The summed E-state index contributed by atoms with van der Waals surface area (Å²) in [6, 6.07) is 14.5. The van der Waals surface area contributed by atoms with E-state index in [-0.39, 0.29) is 31.3 Å². The van der Waals surface area contributed by atoms with Crippen LogP contribution in [-0.4, -0.2) is 113 Å². The Hall–Kier alpha value is -5.31. The summed E-state index contributed by atoms with van der Waals surface area (Å²) in [5.74, 6) is -3.31. The van der Waals surface area contributed by atoms with Gasteiger partial charge >= 0.3 is 30.0 Å². The van der Waals surface area contributed by atoms with Crippen molar-refractivity contribution in [2.75, 3.05) is 59.4 Å². The molecule has 0 aliphatic carbocycles. The molecule has 3 unspecified atom stereocenters. The van der Waals surface area contributed by atoms with Gasteiger partial charge in [0.2, 0.25) is 0 Å². The summed E-state index contributed by atoms with van der Waals surface area (Å²) in [4.78, 5) is 86.4. The highest BCUT2D eigenvalue weighted by Crippen LogP contribution is 2.21. The van der Waals surface area contributed by atoms with Crippen LogP contribution in [0.15, 0.2) is 48.5 Å². The average molecular weight is 800 g/mol. The molecule has 2 aromatic rings.